The van der Waals surface area contributed by atoms with Gasteiger partial charge in [-0.05, 0) is 93.9 Å². The smallest absolute Gasteiger partial charge is 0.266 e. The molecule has 0 atom stereocenters. The predicted octanol–water partition coefficient (Wildman–Crippen LogP) is 6.98. The number of nitrogens with one attached hydrogen (secondary N) is 1. The number of benzene rings is 4. The fourth-order valence-electron chi connectivity index (χ4n) is 3.83. The summed E-state index contributed by atoms with van der Waals surface area (Å²) in [4.78, 5) is 12.7. The number of ether oxygens (including phenoxy) is 3. The highest BCUT2D eigenvalue weighted by Gasteiger charge is 2.15. The summed E-state index contributed by atoms with van der Waals surface area (Å²) >= 11 is 2.18. The summed E-state index contributed by atoms with van der Waals surface area (Å²) in [7, 11) is 1.57. The fourth-order valence-corrected chi connectivity index (χ4v) is 4.61. The number of hydrogen-bond acceptors (Lipinski definition) is 5. The molecule has 0 spiro atoms. The SMILES string of the molecule is CCOc1cc(/C=C(\C#N)C(=O)Nc2ccc(OC)cc2)cc(I)c1OCc1cccc2ccccc12. The van der Waals surface area contributed by atoms with Crippen LogP contribution in [0.5, 0.6) is 17.2 Å². The molecule has 4 aromatic carbocycles. The first-order valence-corrected chi connectivity index (χ1v) is 12.7. The molecule has 4 rings (SSSR count). The first kappa shape index (κ1) is 26.0. The zero-order chi connectivity index (χ0) is 26.2. The van der Waals surface area contributed by atoms with E-state index < -0.39 is 5.91 Å². The first-order valence-electron chi connectivity index (χ1n) is 11.7. The van der Waals surface area contributed by atoms with Gasteiger partial charge < -0.3 is 19.5 Å². The molecule has 37 heavy (non-hydrogen) atoms. The Kier molecular flexibility index (Phi) is 8.64. The zero-order valence-electron chi connectivity index (χ0n) is 20.5. The molecule has 1 N–H and O–H groups in total. The number of anilines is 1. The lowest BCUT2D eigenvalue weighted by Gasteiger charge is -2.16. The molecule has 0 saturated heterocycles. The predicted molar refractivity (Wildman–Crippen MR) is 154 cm³/mol. The molecular weight excluding hydrogens is 579 g/mol. The Hall–Kier alpha value is -4.03. The number of nitrogens with zero attached hydrogens (tertiary/aromatic N) is 1. The van der Waals surface area contributed by atoms with Gasteiger partial charge in [0.1, 0.15) is 24.0 Å². The van der Waals surface area contributed by atoms with Crippen LogP contribution in [0.15, 0.2) is 84.4 Å². The van der Waals surface area contributed by atoms with E-state index in [1.165, 1.54) is 6.08 Å². The van der Waals surface area contributed by atoms with Crippen molar-refractivity contribution >= 4 is 51.0 Å². The van der Waals surface area contributed by atoms with E-state index in [9.17, 15) is 10.1 Å². The topological polar surface area (TPSA) is 80.6 Å². The van der Waals surface area contributed by atoms with Crippen LogP contribution < -0.4 is 19.5 Å². The third kappa shape index (κ3) is 6.40. The summed E-state index contributed by atoms with van der Waals surface area (Å²) in [6, 6.07) is 26.9. The Morgan fingerprint density at radius 1 is 1.03 bits per heavy atom. The molecule has 6 nitrogen and oxygen atoms in total. The number of nitriles is 1. The number of halogens is 1. The van der Waals surface area contributed by atoms with Crippen LogP contribution in [0.4, 0.5) is 5.69 Å². The maximum Gasteiger partial charge on any atom is 0.266 e. The van der Waals surface area contributed by atoms with Gasteiger partial charge in [-0.1, -0.05) is 42.5 Å². The number of hydrogen-bond donors (Lipinski definition) is 1. The molecule has 0 bridgehead atoms. The van der Waals surface area contributed by atoms with Crippen LogP contribution in [-0.2, 0) is 11.4 Å². The highest BCUT2D eigenvalue weighted by atomic mass is 127. The van der Waals surface area contributed by atoms with E-state index >= 15 is 0 Å². The summed E-state index contributed by atoms with van der Waals surface area (Å²) < 4.78 is 18.1. The van der Waals surface area contributed by atoms with Gasteiger partial charge in [-0.25, -0.2) is 0 Å². The largest absolute Gasteiger partial charge is 0.497 e. The Labute approximate surface area is 229 Å². The van der Waals surface area contributed by atoms with Crippen molar-refractivity contribution in [1.82, 2.24) is 0 Å². The minimum absolute atomic E-state index is 0.0292. The van der Waals surface area contributed by atoms with Gasteiger partial charge in [0.05, 0.1) is 17.3 Å². The van der Waals surface area contributed by atoms with E-state index in [4.69, 9.17) is 14.2 Å². The molecule has 0 unspecified atom stereocenters. The molecule has 0 heterocycles. The number of amides is 1. The number of carbonyl (C=O) groups is 1. The van der Waals surface area contributed by atoms with Crippen LogP contribution >= 0.6 is 22.6 Å². The number of fused-ring (bicyclic) bond motifs is 1. The molecule has 0 fully saturated rings. The van der Waals surface area contributed by atoms with Crippen molar-refractivity contribution < 1.29 is 19.0 Å². The quantitative estimate of drug-likeness (QED) is 0.127. The monoisotopic (exact) mass is 604 g/mol. The van der Waals surface area contributed by atoms with Crippen molar-refractivity contribution in [3.8, 4) is 23.3 Å². The Balaban J connectivity index is 1.57. The van der Waals surface area contributed by atoms with Gasteiger partial charge in [0.15, 0.2) is 11.5 Å². The van der Waals surface area contributed by atoms with Crippen molar-refractivity contribution in [2.75, 3.05) is 19.0 Å². The molecule has 4 aromatic rings. The highest BCUT2D eigenvalue weighted by Crippen LogP contribution is 2.36. The van der Waals surface area contributed by atoms with Gasteiger partial charge in [0.2, 0.25) is 0 Å². The van der Waals surface area contributed by atoms with Crippen LogP contribution in [0.1, 0.15) is 18.1 Å². The molecule has 186 valence electrons. The van der Waals surface area contributed by atoms with Crippen LogP contribution in [0.25, 0.3) is 16.8 Å². The molecule has 0 aromatic heterocycles. The maximum atomic E-state index is 12.7. The Morgan fingerprint density at radius 3 is 2.51 bits per heavy atom. The van der Waals surface area contributed by atoms with E-state index in [0.717, 1.165) is 19.9 Å². The lowest BCUT2D eigenvalue weighted by Crippen LogP contribution is -2.13. The molecule has 0 saturated carbocycles. The van der Waals surface area contributed by atoms with Crippen molar-refractivity contribution in [3.05, 3.63) is 99.1 Å². The average molecular weight is 604 g/mol. The van der Waals surface area contributed by atoms with Gasteiger partial charge in [0, 0.05) is 5.69 Å². The molecule has 0 radical (unpaired) electrons. The summed E-state index contributed by atoms with van der Waals surface area (Å²) in [6.07, 6.45) is 1.54. The van der Waals surface area contributed by atoms with Crippen molar-refractivity contribution in [3.63, 3.8) is 0 Å². The second-order valence-electron chi connectivity index (χ2n) is 8.04. The molecule has 0 aliphatic carbocycles. The van der Waals surface area contributed by atoms with Crippen molar-refractivity contribution in [2.24, 2.45) is 0 Å². The van der Waals surface area contributed by atoms with Crippen molar-refractivity contribution in [1.29, 1.82) is 5.26 Å². The summed E-state index contributed by atoms with van der Waals surface area (Å²) in [5.74, 6) is 1.34. The van der Waals surface area contributed by atoms with Gasteiger partial charge in [-0.2, -0.15) is 5.26 Å². The second kappa shape index (κ2) is 12.3. The Morgan fingerprint density at radius 2 is 1.78 bits per heavy atom. The van der Waals surface area contributed by atoms with Crippen molar-refractivity contribution in [2.45, 2.75) is 13.5 Å². The van der Waals surface area contributed by atoms with Gasteiger partial charge >= 0.3 is 0 Å². The summed E-state index contributed by atoms with van der Waals surface area (Å²) in [5.41, 5.74) is 2.27. The van der Waals surface area contributed by atoms with E-state index in [1.54, 1.807) is 37.4 Å². The number of carbonyl (C=O) groups excluding carboxylic acids is 1. The highest BCUT2D eigenvalue weighted by molar-refractivity contribution is 14.1. The normalized spacial score (nSPS) is 11.0. The van der Waals surface area contributed by atoms with Crippen LogP contribution in [0.3, 0.4) is 0 Å². The first-order chi connectivity index (χ1) is 18.0. The van der Waals surface area contributed by atoms with Crippen LogP contribution in [0, 0.1) is 14.9 Å². The minimum Gasteiger partial charge on any atom is -0.497 e. The molecule has 0 aliphatic rings. The van der Waals surface area contributed by atoms with E-state index in [1.807, 2.05) is 43.3 Å². The zero-order valence-corrected chi connectivity index (χ0v) is 22.6. The van der Waals surface area contributed by atoms with E-state index in [2.05, 4.69) is 46.1 Å². The molecule has 1 amide bonds. The standard InChI is InChI=1S/C30H25IN2O4/c1-3-36-28-17-20(15-23(18-32)30(34)33-24-11-13-25(35-2)14-12-24)16-27(31)29(28)37-19-22-9-6-8-21-7-4-5-10-26(21)22/h4-17H,3,19H2,1-2H3,(H,33,34)/b23-15+. The van der Waals surface area contributed by atoms with Gasteiger partial charge in [0.25, 0.3) is 5.91 Å². The maximum absolute atomic E-state index is 12.7. The summed E-state index contributed by atoms with van der Waals surface area (Å²) in [5, 5.41) is 14.7. The van der Waals surface area contributed by atoms with Crippen LogP contribution in [0.2, 0.25) is 0 Å². The third-order valence-corrected chi connectivity index (χ3v) is 6.41. The average Bonchev–Trinajstić information content (AvgIpc) is 2.92. The minimum atomic E-state index is -0.503. The lowest BCUT2D eigenvalue weighted by molar-refractivity contribution is -0.112. The second-order valence-corrected chi connectivity index (χ2v) is 9.20. The molecule has 7 heteroatoms. The fraction of sp³-hybridized carbons (Fsp3) is 0.133. The lowest BCUT2D eigenvalue weighted by atomic mass is 10.1. The van der Waals surface area contributed by atoms with E-state index in [0.29, 0.717) is 41.7 Å². The number of methoxy groups -OCH3 is 1. The Bertz CT molecular complexity index is 1480. The van der Waals surface area contributed by atoms with Crippen LogP contribution in [-0.4, -0.2) is 19.6 Å². The summed E-state index contributed by atoms with van der Waals surface area (Å²) in [6.45, 7) is 2.71. The number of rotatable bonds is 9. The molecule has 0 aliphatic heterocycles. The van der Waals surface area contributed by atoms with E-state index in [-0.39, 0.29) is 5.57 Å². The molecular formula is C30H25IN2O4. The third-order valence-electron chi connectivity index (χ3n) is 5.61. The van der Waals surface area contributed by atoms with Gasteiger partial charge in [-0.15, -0.1) is 0 Å². The van der Waals surface area contributed by atoms with Gasteiger partial charge in [-0.3, -0.25) is 4.79 Å².